The number of aliphatic hydroxyl groups is 1. The lowest BCUT2D eigenvalue weighted by Gasteiger charge is -2.17. The molecule has 0 bridgehead atoms. The molecule has 1 fully saturated rings. The van der Waals surface area contributed by atoms with E-state index in [1.54, 1.807) is 53.4 Å². The maximum atomic E-state index is 12.4. The molecule has 3 heterocycles. The predicted octanol–water partition coefficient (Wildman–Crippen LogP) is 1.11. The standard InChI is InChI=1S/C15H18N4O2/c1-11(20)13-4-6-18(9-13)15(21)12-2-3-14(17-8-12)19-7-5-16-10-19/h2-3,5,7-8,10-11,13,20H,4,6,9H2,1H3. The molecular weight excluding hydrogens is 268 g/mol. The first-order valence-corrected chi connectivity index (χ1v) is 7.07. The highest BCUT2D eigenvalue weighted by molar-refractivity contribution is 5.94. The number of aromatic nitrogens is 3. The Morgan fingerprint density at radius 2 is 2.33 bits per heavy atom. The molecule has 2 aromatic rings. The van der Waals surface area contributed by atoms with Crippen LogP contribution >= 0.6 is 0 Å². The van der Waals surface area contributed by atoms with E-state index in [-0.39, 0.29) is 17.9 Å². The molecule has 0 aromatic carbocycles. The van der Waals surface area contributed by atoms with Crippen LogP contribution in [-0.4, -0.2) is 49.6 Å². The molecule has 1 amide bonds. The lowest BCUT2D eigenvalue weighted by molar-refractivity contribution is 0.0762. The van der Waals surface area contributed by atoms with Gasteiger partial charge in [-0.05, 0) is 25.5 Å². The van der Waals surface area contributed by atoms with Crippen molar-refractivity contribution < 1.29 is 9.90 Å². The number of carbonyl (C=O) groups is 1. The maximum Gasteiger partial charge on any atom is 0.255 e. The fourth-order valence-electron chi connectivity index (χ4n) is 2.61. The smallest absolute Gasteiger partial charge is 0.255 e. The van der Waals surface area contributed by atoms with Crippen LogP contribution in [0.3, 0.4) is 0 Å². The van der Waals surface area contributed by atoms with Crippen LogP contribution in [0.1, 0.15) is 23.7 Å². The van der Waals surface area contributed by atoms with Crippen LogP contribution < -0.4 is 0 Å². The second kappa shape index (κ2) is 5.65. The third kappa shape index (κ3) is 2.80. The van der Waals surface area contributed by atoms with E-state index in [9.17, 15) is 9.90 Å². The van der Waals surface area contributed by atoms with E-state index in [0.29, 0.717) is 18.7 Å². The first-order valence-electron chi connectivity index (χ1n) is 7.07. The molecule has 2 atom stereocenters. The number of hydrogen-bond donors (Lipinski definition) is 1. The van der Waals surface area contributed by atoms with Gasteiger partial charge >= 0.3 is 0 Å². The molecule has 0 radical (unpaired) electrons. The Morgan fingerprint density at radius 3 is 2.90 bits per heavy atom. The van der Waals surface area contributed by atoms with E-state index in [2.05, 4.69) is 9.97 Å². The Hall–Kier alpha value is -2.21. The summed E-state index contributed by atoms with van der Waals surface area (Å²) < 4.78 is 1.79. The number of hydrogen-bond acceptors (Lipinski definition) is 4. The van der Waals surface area contributed by atoms with E-state index >= 15 is 0 Å². The Morgan fingerprint density at radius 1 is 1.48 bits per heavy atom. The van der Waals surface area contributed by atoms with E-state index in [0.717, 1.165) is 12.2 Å². The first kappa shape index (κ1) is 13.8. The second-order valence-electron chi connectivity index (χ2n) is 5.42. The third-order valence-electron chi connectivity index (χ3n) is 3.96. The van der Waals surface area contributed by atoms with Gasteiger partial charge in [0.1, 0.15) is 12.1 Å². The van der Waals surface area contributed by atoms with E-state index in [1.165, 1.54) is 0 Å². The molecule has 3 rings (SSSR count). The SMILES string of the molecule is CC(O)C1CCN(C(=O)c2ccc(-n3ccnc3)nc2)C1. The molecule has 6 heteroatoms. The van der Waals surface area contributed by atoms with Crippen molar-refractivity contribution in [2.75, 3.05) is 13.1 Å². The highest BCUT2D eigenvalue weighted by Crippen LogP contribution is 2.21. The quantitative estimate of drug-likeness (QED) is 0.917. The molecule has 1 saturated heterocycles. The van der Waals surface area contributed by atoms with Crippen LogP contribution in [-0.2, 0) is 0 Å². The lowest BCUT2D eigenvalue weighted by atomic mass is 10.0. The summed E-state index contributed by atoms with van der Waals surface area (Å²) in [5, 5.41) is 9.61. The molecule has 2 unspecified atom stereocenters. The van der Waals surface area contributed by atoms with Crippen LogP contribution in [0.2, 0.25) is 0 Å². The van der Waals surface area contributed by atoms with Crippen molar-refractivity contribution in [2.24, 2.45) is 5.92 Å². The number of aliphatic hydroxyl groups excluding tert-OH is 1. The summed E-state index contributed by atoms with van der Waals surface area (Å²) >= 11 is 0. The molecule has 6 nitrogen and oxygen atoms in total. The van der Waals surface area contributed by atoms with Crippen LogP contribution in [0.5, 0.6) is 0 Å². The third-order valence-corrected chi connectivity index (χ3v) is 3.96. The average Bonchev–Trinajstić information content (AvgIpc) is 3.18. The first-order chi connectivity index (χ1) is 10.1. The Bertz CT molecular complexity index is 607. The maximum absolute atomic E-state index is 12.4. The number of rotatable bonds is 3. The summed E-state index contributed by atoms with van der Waals surface area (Å²) in [6.07, 6.45) is 7.22. The highest BCUT2D eigenvalue weighted by atomic mass is 16.3. The fraction of sp³-hybridized carbons (Fsp3) is 0.400. The van der Waals surface area contributed by atoms with Gasteiger partial charge in [0.2, 0.25) is 0 Å². The van der Waals surface area contributed by atoms with Crippen LogP contribution in [0, 0.1) is 5.92 Å². The number of nitrogens with zero attached hydrogens (tertiary/aromatic N) is 4. The van der Waals surface area contributed by atoms with Crippen molar-refractivity contribution in [1.29, 1.82) is 0 Å². The fourth-order valence-corrected chi connectivity index (χ4v) is 2.61. The van der Waals surface area contributed by atoms with Gasteiger partial charge in [-0.2, -0.15) is 0 Å². The van der Waals surface area contributed by atoms with Gasteiger partial charge in [0.15, 0.2) is 0 Å². The van der Waals surface area contributed by atoms with Crippen molar-refractivity contribution in [2.45, 2.75) is 19.4 Å². The summed E-state index contributed by atoms with van der Waals surface area (Å²) in [6.45, 7) is 3.08. The molecule has 1 aliphatic rings. The van der Waals surface area contributed by atoms with Gasteiger partial charge in [-0.15, -0.1) is 0 Å². The average molecular weight is 286 g/mol. The number of carbonyl (C=O) groups excluding carboxylic acids is 1. The number of likely N-dealkylation sites (tertiary alicyclic amines) is 1. The van der Waals surface area contributed by atoms with Gasteiger partial charge in [-0.3, -0.25) is 9.36 Å². The molecule has 2 aromatic heterocycles. The summed E-state index contributed by atoms with van der Waals surface area (Å²) in [5.74, 6) is 0.877. The Balaban J connectivity index is 1.71. The largest absolute Gasteiger partial charge is 0.393 e. The summed E-state index contributed by atoms with van der Waals surface area (Å²) in [5.41, 5.74) is 0.574. The van der Waals surface area contributed by atoms with E-state index in [4.69, 9.17) is 0 Å². The van der Waals surface area contributed by atoms with E-state index in [1.807, 2.05) is 0 Å². The summed E-state index contributed by atoms with van der Waals surface area (Å²) in [6, 6.07) is 3.58. The molecular formula is C15H18N4O2. The molecule has 21 heavy (non-hydrogen) atoms. The molecule has 0 aliphatic carbocycles. The van der Waals surface area contributed by atoms with Gasteiger partial charge in [0.05, 0.1) is 11.7 Å². The normalized spacial score (nSPS) is 19.7. The van der Waals surface area contributed by atoms with Crippen molar-refractivity contribution in [3.63, 3.8) is 0 Å². The Kier molecular flexibility index (Phi) is 3.70. The molecule has 1 aliphatic heterocycles. The van der Waals surface area contributed by atoms with Crippen molar-refractivity contribution in [3.05, 3.63) is 42.6 Å². The molecule has 0 saturated carbocycles. The summed E-state index contributed by atoms with van der Waals surface area (Å²) in [4.78, 5) is 22.4. The minimum atomic E-state index is -0.371. The number of pyridine rings is 1. The zero-order chi connectivity index (χ0) is 14.8. The van der Waals surface area contributed by atoms with Crippen molar-refractivity contribution in [1.82, 2.24) is 19.4 Å². The topological polar surface area (TPSA) is 71.2 Å². The molecule has 110 valence electrons. The van der Waals surface area contributed by atoms with Gasteiger partial charge in [0, 0.05) is 37.6 Å². The Labute approximate surface area is 123 Å². The second-order valence-corrected chi connectivity index (χ2v) is 5.42. The van der Waals surface area contributed by atoms with Crippen molar-refractivity contribution in [3.8, 4) is 5.82 Å². The van der Waals surface area contributed by atoms with Crippen LogP contribution in [0.15, 0.2) is 37.1 Å². The van der Waals surface area contributed by atoms with Gasteiger partial charge < -0.3 is 10.0 Å². The monoisotopic (exact) mass is 286 g/mol. The summed E-state index contributed by atoms with van der Waals surface area (Å²) in [7, 11) is 0. The molecule has 1 N–H and O–H groups in total. The van der Waals surface area contributed by atoms with E-state index < -0.39 is 0 Å². The van der Waals surface area contributed by atoms with Gasteiger partial charge in [0.25, 0.3) is 5.91 Å². The van der Waals surface area contributed by atoms with Crippen LogP contribution in [0.4, 0.5) is 0 Å². The zero-order valence-corrected chi connectivity index (χ0v) is 11.9. The van der Waals surface area contributed by atoms with Gasteiger partial charge in [-0.1, -0.05) is 0 Å². The highest BCUT2D eigenvalue weighted by Gasteiger charge is 2.29. The lowest BCUT2D eigenvalue weighted by Crippen LogP contribution is -2.30. The minimum Gasteiger partial charge on any atom is -0.393 e. The van der Waals surface area contributed by atoms with Gasteiger partial charge in [-0.25, -0.2) is 9.97 Å². The predicted molar refractivity (Wildman–Crippen MR) is 77.1 cm³/mol. The van der Waals surface area contributed by atoms with Crippen LogP contribution in [0.25, 0.3) is 5.82 Å². The number of imidazole rings is 1. The zero-order valence-electron chi connectivity index (χ0n) is 11.9. The molecule has 0 spiro atoms. The van der Waals surface area contributed by atoms with Crippen molar-refractivity contribution >= 4 is 5.91 Å². The number of amides is 1. The minimum absolute atomic E-state index is 0.0252.